The van der Waals surface area contributed by atoms with Crippen LogP contribution in [0, 0.1) is 6.92 Å². The summed E-state index contributed by atoms with van der Waals surface area (Å²) in [4.78, 5) is 16.5. The number of thiazole rings is 1. The van der Waals surface area contributed by atoms with Gasteiger partial charge in [0, 0.05) is 11.1 Å². The maximum atomic E-state index is 11.4. The second-order valence-electron chi connectivity index (χ2n) is 3.90. The van der Waals surface area contributed by atoms with Gasteiger partial charge >= 0.3 is 6.03 Å². The van der Waals surface area contributed by atoms with E-state index in [1.807, 2.05) is 6.92 Å². The van der Waals surface area contributed by atoms with Gasteiger partial charge in [0.1, 0.15) is 0 Å². The second-order valence-corrected chi connectivity index (χ2v) is 5.13. The van der Waals surface area contributed by atoms with Crippen LogP contribution in [0.15, 0.2) is 6.20 Å². The number of nitrogens with zero attached hydrogens (tertiary/aromatic N) is 1. The Morgan fingerprint density at radius 2 is 2.33 bits per heavy atom. The lowest BCUT2D eigenvalue weighted by Gasteiger charge is -2.22. The van der Waals surface area contributed by atoms with Crippen molar-refractivity contribution in [2.45, 2.75) is 26.3 Å². The molecule has 0 atom stereocenters. The molecule has 0 radical (unpaired) electrons. The first-order chi connectivity index (χ1) is 6.93. The maximum absolute atomic E-state index is 11.4. The first-order valence-electron chi connectivity index (χ1n) is 4.55. The van der Waals surface area contributed by atoms with Gasteiger partial charge in [-0.3, -0.25) is 5.32 Å². The molecule has 84 valence electrons. The highest BCUT2D eigenvalue weighted by Gasteiger charge is 2.19. The molecule has 0 unspecified atom stereocenters. The average molecular weight is 229 g/mol. The summed E-state index contributed by atoms with van der Waals surface area (Å²) < 4.78 is 0. The lowest BCUT2D eigenvalue weighted by atomic mass is 10.1. The molecule has 0 aliphatic rings. The van der Waals surface area contributed by atoms with Crippen molar-refractivity contribution in [3.63, 3.8) is 0 Å². The van der Waals surface area contributed by atoms with Crippen LogP contribution in [0.25, 0.3) is 0 Å². The van der Waals surface area contributed by atoms with Gasteiger partial charge in [-0.2, -0.15) is 0 Å². The van der Waals surface area contributed by atoms with Crippen LogP contribution >= 0.6 is 11.3 Å². The van der Waals surface area contributed by atoms with Gasteiger partial charge in [-0.25, -0.2) is 9.78 Å². The fraction of sp³-hybridized carbons (Fsp3) is 0.556. The molecule has 0 aliphatic carbocycles. The topological polar surface area (TPSA) is 74.2 Å². The molecule has 15 heavy (non-hydrogen) atoms. The van der Waals surface area contributed by atoms with Crippen LogP contribution in [0.3, 0.4) is 0 Å². The highest BCUT2D eigenvalue weighted by Crippen LogP contribution is 2.16. The van der Waals surface area contributed by atoms with Crippen LogP contribution in [0.5, 0.6) is 0 Å². The number of aryl methyl sites for hydroxylation is 1. The zero-order valence-corrected chi connectivity index (χ0v) is 9.81. The monoisotopic (exact) mass is 229 g/mol. The lowest BCUT2D eigenvalue weighted by Crippen LogP contribution is -2.48. The minimum absolute atomic E-state index is 0.114. The summed E-state index contributed by atoms with van der Waals surface area (Å²) in [5, 5.41) is 14.7. The Hall–Kier alpha value is -1.14. The Labute approximate surface area is 92.5 Å². The summed E-state index contributed by atoms with van der Waals surface area (Å²) in [6.45, 7) is 5.27. The van der Waals surface area contributed by atoms with Crippen molar-refractivity contribution in [3.05, 3.63) is 11.1 Å². The van der Waals surface area contributed by atoms with E-state index in [1.54, 1.807) is 20.0 Å². The molecule has 0 spiro atoms. The zero-order chi connectivity index (χ0) is 11.5. The molecule has 1 heterocycles. The maximum Gasteiger partial charge on any atom is 0.321 e. The Morgan fingerprint density at radius 1 is 1.67 bits per heavy atom. The van der Waals surface area contributed by atoms with E-state index in [2.05, 4.69) is 15.6 Å². The number of nitrogens with one attached hydrogen (secondary N) is 2. The van der Waals surface area contributed by atoms with E-state index < -0.39 is 5.54 Å². The molecule has 1 rings (SSSR count). The number of hydrogen-bond acceptors (Lipinski definition) is 4. The van der Waals surface area contributed by atoms with Gasteiger partial charge in [-0.15, -0.1) is 11.3 Å². The number of rotatable bonds is 3. The largest absolute Gasteiger partial charge is 0.394 e. The summed E-state index contributed by atoms with van der Waals surface area (Å²) >= 11 is 1.40. The molecular formula is C9H15N3O2S. The van der Waals surface area contributed by atoms with Crippen molar-refractivity contribution < 1.29 is 9.90 Å². The van der Waals surface area contributed by atoms with Crippen LogP contribution in [0.2, 0.25) is 0 Å². The van der Waals surface area contributed by atoms with Gasteiger partial charge in [-0.05, 0) is 20.8 Å². The Bertz CT molecular complexity index is 349. The number of hydrogen-bond donors (Lipinski definition) is 3. The molecule has 0 saturated heterocycles. The third-order valence-electron chi connectivity index (χ3n) is 1.69. The molecule has 1 aromatic heterocycles. The van der Waals surface area contributed by atoms with E-state index in [-0.39, 0.29) is 12.6 Å². The van der Waals surface area contributed by atoms with Gasteiger partial charge < -0.3 is 10.4 Å². The summed E-state index contributed by atoms with van der Waals surface area (Å²) in [6, 6.07) is -0.358. The fourth-order valence-corrected chi connectivity index (χ4v) is 1.55. The van der Waals surface area contributed by atoms with E-state index in [0.29, 0.717) is 5.13 Å². The van der Waals surface area contributed by atoms with Gasteiger partial charge in [0.05, 0.1) is 12.1 Å². The van der Waals surface area contributed by atoms with Gasteiger partial charge in [0.15, 0.2) is 5.13 Å². The number of aliphatic hydroxyl groups excluding tert-OH is 1. The number of carbonyl (C=O) groups is 1. The first kappa shape index (κ1) is 11.9. The van der Waals surface area contributed by atoms with Crippen molar-refractivity contribution >= 4 is 22.5 Å². The van der Waals surface area contributed by atoms with E-state index in [9.17, 15) is 4.79 Å². The molecule has 0 bridgehead atoms. The molecule has 1 aromatic rings. The van der Waals surface area contributed by atoms with Crippen molar-refractivity contribution in [1.82, 2.24) is 10.3 Å². The third kappa shape index (κ3) is 3.85. The van der Waals surface area contributed by atoms with Crippen molar-refractivity contribution in [2.24, 2.45) is 0 Å². The molecule has 0 saturated carbocycles. The van der Waals surface area contributed by atoms with Gasteiger partial charge in [-0.1, -0.05) is 0 Å². The number of aromatic nitrogens is 1. The van der Waals surface area contributed by atoms with Gasteiger partial charge in [0.2, 0.25) is 0 Å². The smallest absolute Gasteiger partial charge is 0.321 e. The number of amides is 2. The summed E-state index contributed by atoms with van der Waals surface area (Å²) in [5.41, 5.74) is -0.629. The number of anilines is 1. The van der Waals surface area contributed by atoms with Gasteiger partial charge in [0.25, 0.3) is 0 Å². The molecule has 5 nitrogen and oxygen atoms in total. The van der Waals surface area contributed by atoms with E-state index in [1.165, 1.54) is 11.3 Å². The van der Waals surface area contributed by atoms with E-state index in [4.69, 9.17) is 5.11 Å². The van der Waals surface area contributed by atoms with E-state index >= 15 is 0 Å². The van der Waals surface area contributed by atoms with Crippen LogP contribution in [-0.2, 0) is 0 Å². The first-order valence-corrected chi connectivity index (χ1v) is 5.37. The molecule has 3 N–H and O–H groups in total. The third-order valence-corrected chi connectivity index (χ3v) is 2.52. The highest BCUT2D eigenvalue weighted by molar-refractivity contribution is 7.15. The van der Waals surface area contributed by atoms with Crippen molar-refractivity contribution in [3.8, 4) is 0 Å². The quantitative estimate of drug-likeness (QED) is 0.732. The molecule has 0 aliphatic heterocycles. The van der Waals surface area contributed by atoms with Crippen molar-refractivity contribution in [2.75, 3.05) is 11.9 Å². The van der Waals surface area contributed by atoms with Crippen LogP contribution in [-0.4, -0.2) is 28.3 Å². The zero-order valence-electron chi connectivity index (χ0n) is 9.00. The normalized spacial score (nSPS) is 11.2. The Morgan fingerprint density at radius 3 is 2.80 bits per heavy atom. The lowest BCUT2D eigenvalue weighted by molar-refractivity contribution is 0.187. The van der Waals surface area contributed by atoms with Crippen LogP contribution in [0.1, 0.15) is 18.7 Å². The van der Waals surface area contributed by atoms with Crippen LogP contribution < -0.4 is 10.6 Å². The minimum Gasteiger partial charge on any atom is -0.394 e. The molecule has 0 fully saturated rings. The summed E-state index contributed by atoms with van der Waals surface area (Å²) in [6.07, 6.45) is 1.69. The average Bonchev–Trinajstić information content (AvgIpc) is 2.50. The second kappa shape index (κ2) is 4.59. The summed E-state index contributed by atoms with van der Waals surface area (Å²) in [7, 11) is 0. The predicted octanol–water partition coefficient (Wildman–Crippen LogP) is 1.34. The Balaban J connectivity index is 2.50. The Kier molecular flexibility index (Phi) is 3.65. The standard InChI is InChI=1S/C9H15N3O2S/c1-6-4-10-8(15-6)11-7(14)12-9(2,3)5-13/h4,13H,5H2,1-3H3,(H2,10,11,12,14). The molecular weight excluding hydrogens is 214 g/mol. The summed E-state index contributed by atoms with van der Waals surface area (Å²) in [5.74, 6) is 0. The SMILES string of the molecule is Cc1cnc(NC(=O)NC(C)(C)CO)s1. The number of urea groups is 1. The predicted molar refractivity (Wildman–Crippen MR) is 60.2 cm³/mol. The molecule has 2 amide bonds. The molecule has 6 heteroatoms. The molecule has 0 aromatic carbocycles. The van der Waals surface area contributed by atoms with Crippen molar-refractivity contribution in [1.29, 1.82) is 0 Å². The number of carbonyl (C=O) groups excluding carboxylic acids is 1. The number of aliphatic hydroxyl groups is 1. The van der Waals surface area contributed by atoms with E-state index in [0.717, 1.165) is 4.88 Å². The minimum atomic E-state index is -0.629. The van der Waals surface area contributed by atoms with Crippen LogP contribution in [0.4, 0.5) is 9.93 Å². The fourth-order valence-electron chi connectivity index (χ4n) is 0.888. The highest BCUT2D eigenvalue weighted by atomic mass is 32.1.